The van der Waals surface area contributed by atoms with Crippen molar-refractivity contribution < 1.29 is 27.5 Å². The Kier molecular flexibility index (Phi) is 5.02. The van der Waals surface area contributed by atoms with Gasteiger partial charge in [-0.2, -0.15) is 0 Å². The van der Waals surface area contributed by atoms with Gasteiger partial charge in [-0.05, 0) is 30.3 Å². The molecule has 0 spiro atoms. The number of aromatic carboxylic acids is 1. The summed E-state index contributed by atoms with van der Waals surface area (Å²) in [6.45, 7) is 1.33. The number of amides is 1. The third-order valence-electron chi connectivity index (χ3n) is 3.94. The molecule has 0 heterocycles. The van der Waals surface area contributed by atoms with Crippen LogP contribution in [0.5, 0.6) is 0 Å². The standard InChI is InChI=1S/C19H15FN2O5S/c1-11(23)21-16-8-9-18(14-5-3-2-4-13(14)16)28(26,27)22-17-10-12(19(24)25)6-7-15(17)20/h2-10,22H,1H3,(H,21,23)(H,24,25). The highest BCUT2D eigenvalue weighted by Crippen LogP contribution is 2.31. The zero-order valence-electron chi connectivity index (χ0n) is 14.6. The molecular formula is C19H15FN2O5S. The quantitative estimate of drug-likeness (QED) is 0.605. The van der Waals surface area contributed by atoms with Crippen LogP contribution in [0.4, 0.5) is 15.8 Å². The molecule has 0 aliphatic heterocycles. The van der Waals surface area contributed by atoms with Crippen LogP contribution in [0.3, 0.4) is 0 Å². The van der Waals surface area contributed by atoms with Crippen LogP contribution in [0.15, 0.2) is 59.5 Å². The first kappa shape index (κ1) is 19.3. The second-order valence-corrected chi connectivity index (χ2v) is 7.59. The molecule has 0 fully saturated rings. The molecule has 9 heteroatoms. The molecular weight excluding hydrogens is 387 g/mol. The van der Waals surface area contributed by atoms with Gasteiger partial charge in [0.05, 0.1) is 16.1 Å². The summed E-state index contributed by atoms with van der Waals surface area (Å²) < 4.78 is 41.9. The van der Waals surface area contributed by atoms with Crippen molar-refractivity contribution in [2.45, 2.75) is 11.8 Å². The number of carbonyl (C=O) groups excluding carboxylic acids is 1. The maximum absolute atomic E-state index is 14.0. The van der Waals surface area contributed by atoms with E-state index in [0.717, 1.165) is 18.2 Å². The van der Waals surface area contributed by atoms with Gasteiger partial charge in [0.1, 0.15) is 5.82 Å². The molecule has 0 saturated heterocycles. The van der Waals surface area contributed by atoms with Crippen LogP contribution >= 0.6 is 0 Å². The second-order valence-electron chi connectivity index (χ2n) is 5.94. The molecule has 0 aliphatic carbocycles. The normalized spacial score (nSPS) is 11.2. The van der Waals surface area contributed by atoms with Gasteiger partial charge in [-0.25, -0.2) is 17.6 Å². The van der Waals surface area contributed by atoms with Gasteiger partial charge in [-0.15, -0.1) is 0 Å². The predicted octanol–water partition coefficient (Wildman–Crippen LogP) is 3.44. The summed E-state index contributed by atoms with van der Waals surface area (Å²) in [5.74, 6) is -2.54. The molecule has 3 aromatic carbocycles. The van der Waals surface area contributed by atoms with Crippen LogP contribution in [-0.4, -0.2) is 25.4 Å². The molecule has 0 unspecified atom stereocenters. The Morgan fingerprint density at radius 2 is 1.64 bits per heavy atom. The third-order valence-corrected chi connectivity index (χ3v) is 5.37. The number of fused-ring (bicyclic) bond motifs is 1. The lowest BCUT2D eigenvalue weighted by Gasteiger charge is -2.14. The number of halogens is 1. The van der Waals surface area contributed by atoms with Crippen LogP contribution in [0, 0.1) is 5.82 Å². The van der Waals surface area contributed by atoms with Crippen molar-refractivity contribution in [1.29, 1.82) is 0 Å². The van der Waals surface area contributed by atoms with E-state index >= 15 is 0 Å². The average Bonchev–Trinajstić information content (AvgIpc) is 2.63. The molecule has 3 N–H and O–H groups in total. The van der Waals surface area contributed by atoms with Gasteiger partial charge in [0.2, 0.25) is 5.91 Å². The highest BCUT2D eigenvalue weighted by atomic mass is 32.2. The Morgan fingerprint density at radius 3 is 2.29 bits per heavy atom. The van der Waals surface area contributed by atoms with Gasteiger partial charge in [-0.1, -0.05) is 24.3 Å². The van der Waals surface area contributed by atoms with Crippen LogP contribution in [0.2, 0.25) is 0 Å². The van der Waals surface area contributed by atoms with E-state index < -0.39 is 27.5 Å². The van der Waals surface area contributed by atoms with E-state index in [9.17, 15) is 22.4 Å². The number of carboxylic acid groups (broad SMARTS) is 1. The van der Waals surface area contributed by atoms with Gasteiger partial charge in [0.25, 0.3) is 10.0 Å². The van der Waals surface area contributed by atoms with Crippen molar-refractivity contribution in [2.75, 3.05) is 10.0 Å². The molecule has 0 saturated carbocycles. The number of benzene rings is 3. The van der Waals surface area contributed by atoms with E-state index in [4.69, 9.17) is 5.11 Å². The lowest BCUT2D eigenvalue weighted by molar-refractivity contribution is -0.114. The van der Waals surface area contributed by atoms with E-state index in [1.54, 1.807) is 24.3 Å². The van der Waals surface area contributed by atoms with E-state index in [0.29, 0.717) is 16.5 Å². The molecule has 0 aromatic heterocycles. The minimum atomic E-state index is -4.25. The maximum Gasteiger partial charge on any atom is 0.335 e. The zero-order chi connectivity index (χ0) is 20.5. The number of hydrogen-bond acceptors (Lipinski definition) is 4. The fourth-order valence-corrected chi connectivity index (χ4v) is 4.01. The van der Waals surface area contributed by atoms with Crippen molar-refractivity contribution in [2.24, 2.45) is 0 Å². The van der Waals surface area contributed by atoms with Gasteiger partial charge in [0.15, 0.2) is 0 Å². The summed E-state index contributed by atoms with van der Waals surface area (Å²) in [6, 6.07) is 12.1. The highest BCUT2D eigenvalue weighted by molar-refractivity contribution is 7.93. The number of nitrogens with one attached hydrogen (secondary N) is 2. The smallest absolute Gasteiger partial charge is 0.335 e. The summed E-state index contributed by atoms with van der Waals surface area (Å²) in [5, 5.41) is 12.5. The van der Waals surface area contributed by atoms with Gasteiger partial charge >= 0.3 is 5.97 Å². The Morgan fingerprint density at radius 1 is 0.964 bits per heavy atom. The first-order valence-electron chi connectivity index (χ1n) is 8.04. The molecule has 3 rings (SSSR count). The molecule has 0 atom stereocenters. The molecule has 7 nitrogen and oxygen atoms in total. The Balaban J connectivity index is 2.11. The maximum atomic E-state index is 14.0. The Bertz CT molecular complexity index is 1210. The fraction of sp³-hybridized carbons (Fsp3) is 0.0526. The van der Waals surface area contributed by atoms with Crippen LogP contribution in [-0.2, 0) is 14.8 Å². The predicted molar refractivity (Wildman–Crippen MR) is 102 cm³/mol. The summed E-state index contributed by atoms with van der Waals surface area (Å²) in [6.07, 6.45) is 0. The SMILES string of the molecule is CC(=O)Nc1ccc(S(=O)(=O)Nc2cc(C(=O)O)ccc2F)c2ccccc12. The lowest BCUT2D eigenvalue weighted by atomic mass is 10.1. The van der Waals surface area contributed by atoms with Crippen LogP contribution in [0.25, 0.3) is 10.8 Å². The number of rotatable bonds is 5. The molecule has 0 radical (unpaired) electrons. The van der Waals surface area contributed by atoms with Crippen molar-refractivity contribution in [3.05, 3.63) is 66.0 Å². The van der Waals surface area contributed by atoms with Crippen molar-refractivity contribution in [3.8, 4) is 0 Å². The monoisotopic (exact) mass is 402 g/mol. The zero-order valence-corrected chi connectivity index (χ0v) is 15.4. The van der Waals surface area contributed by atoms with E-state index in [1.807, 2.05) is 0 Å². The average molecular weight is 402 g/mol. The Labute approximate surface area is 159 Å². The van der Waals surface area contributed by atoms with E-state index in [-0.39, 0.29) is 16.4 Å². The van der Waals surface area contributed by atoms with E-state index in [1.165, 1.54) is 19.1 Å². The third kappa shape index (κ3) is 3.79. The van der Waals surface area contributed by atoms with Crippen molar-refractivity contribution in [3.63, 3.8) is 0 Å². The first-order chi connectivity index (χ1) is 13.2. The molecule has 0 aliphatic rings. The lowest BCUT2D eigenvalue weighted by Crippen LogP contribution is -2.15. The second kappa shape index (κ2) is 7.28. The largest absolute Gasteiger partial charge is 0.478 e. The molecule has 28 heavy (non-hydrogen) atoms. The van der Waals surface area contributed by atoms with Gasteiger partial charge in [0, 0.05) is 23.4 Å². The van der Waals surface area contributed by atoms with Crippen molar-refractivity contribution in [1.82, 2.24) is 0 Å². The van der Waals surface area contributed by atoms with Crippen LogP contribution < -0.4 is 10.0 Å². The number of carboxylic acids is 1. The minimum Gasteiger partial charge on any atom is -0.478 e. The van der Waals surface area contributed by atoms with Crippen LogP contribution in [0.1, 0.15) is 17.3 Å². The van der Waals surface area contributed by atoms with E-state index in [2.05, 4.69) is 10.0 Å². The van der Waals surface area contributed by atoms with Crippen molar-refractivity contribution >= 4 is 44.0 Å². The summed E-state index contributed by atoms with van der Waals surface area (Å²) >= 11 is 0. The van der Waals surface area contributed by atoms with Gasteiger partial charge in [-0.3, -0.25) is 9.52 Å². The summed E-state index contributed by atoms with van der Waals surface area (Å²) in [5.41, 5.74) is -0.305. The minimum absolute atomic E-state index is 0.141. The fourth-order valence-electron chi connectivity index (χ4n) is 2.74. The molecule has 3 aromatic rings. The first-order valence-corrected chi connectivity index (χ1v) is 9.52. The molecule has 1 amide bonds. The Hall–Kier alpha value is -3.46. The summed E-state index contributed by atoms with van der Waals surface area (Å²) in [7, 11) is -4.25. The highest BCUT2D eigenvalue weighted by Gasteiger charge is 2.21. The number of anilines is 2. The molecule has 144 valence electrons. The topological polar surface area (TPSA) is 113 Å². The summed E-state index contributed by atoms with van der Waals surface area (Å²) in [4.78, 5) is 22.3. The van der Waals surface area contributed by atoms with Gasteiger partial charge < -0.3 is 10.4 Å². The number of hydrogen-bond donors (Lipinski definition) is 3. The number of sulfonamides is 1. The number of carbonyl (C=O) groups is 2. The molecule has 0 bridgehead atoms.